The van der Waals surface area contributed by atoms with Gasteiger partial charge in [-0.1, -0.05) is 12.1 Å². The van der Waals surface area contributed by atoms with Crippen LogP contribution in [0.25, 0.3) is 0 Å². The van der Waals surface area contributed by atoms with E-state index in [0.29, 0.717) is 17.7 Å². The molecule has 2 heterocycles. The summed E-state index contributed by atoms with van der Waals surface area (Å²) in [6.45, 7) is 1.60. The minimum absolute atomic E-state index is 0.0103. The second kappa shape index (κ2) is 7.42. The highest BCUT2D eigenvalue weighted by atomic mass is 32.1. The van der Waals surface area contributed by atoms with Crippen LogP contribution in [0, 0.1) is 0 Å². The topological polar surface area (TPSA) is 49.4 Å². The zero-order valence-corrected chi connectivity index (χ0v) is 13.8. The number of benzene rings is 1. The molecule has 0 atom stereocenters. The third kappa shape index (κ3) is 3.99. The Hall–Kier alpha value is -2.14. The maximum Gasteiger partial charge on any atom is 0.255 e. The number of rotatable bonds is 4. The summed E-state index contributed by atoms with van der Waals surface area (Å²) in [5, 5.41) is 6.80. The summed E-state index contributed by atoms with van der Waals surface area (Å²) in [4.78, 5) is 26.8. The van der Waals surface area contributed by atoms with E-state index in [1.54, 1.807) is 23.5 Å². The van der Waals surface area contributed by atoms with E-state index in [0.717, 1.165) is 31.5 Å². The van der Waals surface area contributed by atoms with Crippen molar-refractivity contribution >= 4 is 28.8 Å². The van der Waals surface area contributed by atoms with Gasteiger partial charge >= 0.3 is 0 Å². The van der Waals surface area contributed by atoms with Gasteiger partial charge in [-0.2, -0.15) is 11.3 Å². The van der Waals surface area contributed by atoms with Gasteiger partial charge in [0.1, 0.15) is 0 Å². The van der Waals surface area contributed by atoms with Crippen molar-refractivity contribution in [3.63, 3.8) is 0 Å². The second-order valence-corrected chi connectivity index (χ2v) is 6.54. The smallest absolute Gasteiger partial charge is 0.255 e. The van der Waals surface area contributed by atoms with Crippen molar-refractivity contribution in [2.75, 3.05) is 18.4 Å². The van der Waals surface area contributed by atoms with Crippen molar-refractivity contribution in [3.05, 3.63) is 52.2 Å². The number of amides is 2. The summed E-state index contributed by atoms with van der Waals surface area (Å²) >= 11 is 1.57. The minimum Gasteiger partial charge on any atom is -0.339 e. The van der Waals surface area contributed by atoms with Crippen molar-refractivity contribution in [2.24, 2.45) is 0 Å². The number of carbonyl (C=O) groups excluding carboxylic acids is 2. The van der Waals surface area contributed by atoms with Crippen LogP contribution in [-0.2, 0) is 11.2 Å². The average molecular weight is 328 g/mol. The Morgan fingerprint density at radius 3 is 2.61 bits per heavy atom. The Morgan fingerprint density at radius 1 is 1.09 bits per heavy atom. The van der Waals surface area contributed by atoms with Crippen LogP contribution >= 0.6 is 11.3 Å². The molecule has 5 heteroatoms. The molecule has 0 radical (unpaired) electrons. The largest absolute Gasteiger partial charge is 0.339 e. The Morgan fingerprint density at radius 2 is 1.87 bits per heavy atom. The van der Waals surface area contributed by atoms with Crippen molar-refractivity contribution in [3.8, 4) is 0 Å². The van der Waals surface area contributed by atoms with Crippen molar-refractivity contribution < 1.29 is 9.59 Å². The number of piperidine rings is 1. The van der Waals surface area contributed by atoms with Crippen LogP contribution in [0.3, 0.4) is 0 Å². The molecule has 3 rings (SSSR count). The lowest BCUT2D eigenvalue weighted by molar-refractivity contribution is -0.115. The van der Waals surface area contributed by atoms with Crippen molar-refractivity contribution in [1.29, 1.82) is 0 Å². The minimum atomic E-state index is -0.0951. The molecule has 4 nitrogen and oxygen atoms in total. The molecule has 0 spiro atoms. The molecule has 1 N–H and O–H groups in total. The standard InChI is InChI=1S/C18H20N2O2S/c21-17(12-14-8-11-23-13-14)19-16-7-3-2-6-15(16)18(22)20-9-4-1-5-10-20/h2-3,6-8,11,13H,1,4-5,9-10,12H2,(H,19,21). The number of thiophene rings is 1. The Balaban J connectivity index is 1.72. The Labute approximate surface area is 140 Å². The predicted octanol–water partition coefficient (Wildman–Crippen LogP) is 3.56. The lowest BCUT2D eigenvalue weighted by atomic mass is 10.1. The Kier molecular flexibility index (Phi) is 5.08. The fourth-order valence-electron chi connectivity index (χ4n) is 2.82. The predicted molar refractivity (Wildman–Crippen MR) is 92.8 cm³/mol. The van der Waals surface area contributed by atoms with E-state index in [1.165, 1.54) is 6.42 Å². The van der Waals surface area contributed by atoms with Gasteiger partial charge in [0, 0.05) is 13.1 Å². The third-order valence-electron chi connectivity index (χ3n) is 4.02. The number of hydrogen-bond donors (Lipinski definition) is 1. The number of anilines is 1. The van der Waals surface area contributed by atoms with Crippen LogP contribution < -0.4 is 5.32 Å². The maximum atomic E-state index is 12.7. The molecule has 0 bridgehead atoms. The van der Waals surface area contributed by atoms with Gasteiger partial charge in [-0.3, -0.25) is 9.59 Å². The lowest BCUT2D eigenvalue weighted by Gasteiger charge is -2.27. The summed E-state index contributed by atoms with van der Waals surface area (Å²) in [7, 11) is 0. The number of nitrogens with zero attached hydrogens (tertiary/aromatic N) is 1. The SMILES string of the molecule is O=C(Cc1ccsc1)Nc1ccccc1C(=O)N1CCCCC1. The summed E-state index contributed by atoms with van der Waals surface area (Å²) < 4.78 is 0. The van der Waals surface area contributed by atoms with E-state index in [4.69, 9.17) is 0 Å². The van der Waals surface area contributed by atoms with E-state index >= 15 is 0 Å². The number of likely N-dealkylation sites (tertiary alicyclic amines) is 1. The normalized spacial score (nSPS) is 14.5. The molecule has 1 fully saturated rings. The molecule has 1 aromatic heterocycles. The molecule has 23 heavy (non-hydrogen) atoms. The zero-order valence-electron chi connectivity index (χ0n) is 13.0. The lowest BCUT2D eigenvalue weighted by Crippen LogP contribution is -2.36. The molecular formula is C18H20N2O2S. The molecule has 2 aromatic rings. The van der Waals surface area contributed by atoms with E-state index in [1.807, 2.05) is 33.9 Å². The van der Waals surface area contributed by atoms with E-state index in [2.05, 4.69) is 5.32 Å². The molecule has 0 unspecified atom stereocenters. The molecule has 0 aliphatic carbocycles. The molecule has 1 aromatic carbocycles. The fraction of sp³-hybridized carbons (Fsp3) is 0.333. The first-order chi connectivity index (χ1) is 11.2. The Bertz CT molecular complexity index is 676. The molecule has 2 amide bonds. The molecule has 1 aliphatic rings. The maximum absolute atomic E-state index is 12.7. The number of carbonyl (C=O) groups is 2. The first-order valence-electron chi connectivity index (χ1n) is 7.93. The molecule has 0 saturated carbocycles. The van der Waals surface area contributed by atoms with Gasteiger partial charge in [0.05, 0.1) is 17.7 Å². The summed E-state index contributed by atoms with van der Waals surface area (Å²) in [6.07, 6.45) is 3.62. The molecule has 1 saturated heterocycles. The van der Waals surface area contributed by atoms with Crippen LogP contribution in [0.1, 0.15) is 35.2 Å². The van der Waals surface area contributed by atoms with Crippen LogP contribution in [0.5, 0.6) is 0 Å². The van der Waals surface area contributed by atoms with E-state index in [-0.39, 0.29) is 11.8 Å². The van der Waals surface area contributed by atoms with Gasteiger partial charge in [-0.25, -0.2) is 0 Å². The number of para-hydroxylation sites is 1. The van der Waals surface area contributed by atoms with Gasteiger partial charge in [-0.15, -0.1) is 0 Å². The zero-order chi connectivity index (χ0) is 16.1. The van der Waals surface area contributed by atoms with E-state index in [9.17, 15) is 9.59 Å². The number of nitrogens with one attached hydrogen (secondary N) is 1. The number of hydrogen-bond acceptors (Lipinski definition) is 3. The van der Waals surface area contributed by atoms with Crippen molar-refractivity contribution in [1.82, 2.24) is 4.90 Å². The fourth-order valence-corrected chi connectivity index (χ4v) is 3.49. The average Bonchev–Trinajstić information content (AvgIpc) is 3.08. The van der Waals surface area contributed by atoms with Gasteiger partial charge in [0.15, 0.2) is 0 Å². The first-order valence-corrected chi connectivity index (χ1v) is 8.87. The van der Waals surface area contributed by atoms with Gasteiger partial charge in [0.25, 0.3) is 5.91 Å². The van der Waals surface area contributed by atoms with Crippen LogP contribution in [0.15, 0.2) is 41.1 Å². The van der Waals surface area contributed by atoms with Crippen LogP contribution in [0.4, 0.5) is 5.69 Å². The monoisotopic (exact) mass is 328 g/mol. The van der Waals surface area contributed by atoms with Gasteiger partial charge in [0.2, 0.25) is 5.91 Å². The summed E-state index contributed by atoms with van der Waals surface area (Å²) in [5.74, 6) is -0.0848. The highest BCUT2D eigenvalue weighted by Crippen LogP contribution is 2.20. The first kappa shape index (κ1) is 15.7. The van der Waals surface area contributed by atoms with Crippen LogP contribution in [0.2, 0.25) is 0 Å². The highest BCUT2D eigenvalue weighted by molar-refractivity contribution is 7.08. The highest BCUT2D eigenvalue weighted by Gasteiger charge is 2.21. The summed E-state index contributed by atoms with van der Waals surface area (Å²) in [6, 6.07) is 9.20. The molecule has 1 aliphatic heterocycles. The summed E-state index contributed by atoms with van der Waals surface area (Å²) in [5.41, 5.74) is 2.17. The quantitative estimate of drug-likeness (QED) is 0.933. The third-order valence-corrected chi connectivity index (χ3v) is 4.75. The van der Waals surface area contributed by atoms with Gasteiger partial charge in [-0.05, 0) is 53.8 Å². The van der Waals surface area contributed by atoms with Crippen LogP contribution in [-0.4, -0.2) is 29.8 Å². The van der Waals surface area contributed by atoms with Crippen molar-refractivity contribution in [2.45, 2.75) is 25.7 Å². The second-order valence-electron chi connectivity index (χ2n) is 5.75. The van der Waals surface area contributed by atoms with Gasteiger partial charge < -0.3 is 10.2 Å². The molecule has 120 valence electrons. The van der Waals surface area contributed by atoms with E-state index < -0.39 is 0 Å². The molecular weight excluding hydrogens is 308 g/mol.